The molecule has 2 fully saturated rings. The quantitative estimate of drug-likeness (QED) is 0.478. The second-order valence-corrected chi connectivity index (χ2v) is 5.61. The van der Waals surface area contributed by atoms with Crippen LogP contribution in [-0.2, 0) is 6.54 Å². The number of carbonyl (C=O) groups is 1. The maximum Gasteiger partial charge on any atom is 0.289 e. The van der Waals surface area contributed by atoms with Gasteiger partial charge in [0.25, 0.3) is 5.91 Å². The molecule has 0 aromatic carbocycles. The van der Waals surface area contributed by atoms with Crippen LogP contribution in [0.4, 0.5) is 0 Å². The van der Waals surface area contributed by atoms with E-state index in [0.29, 0.717) is 23.4 Å². The fourth-order valence-corrected chi connectivity index (χ4v) is 3.23. The van der Waals surface area contributed by atoms with Crippen LogP contribution in [0, 0.1) is 11.8 Å². The van der Waals surface area contributed by atoms with E-state index in [1.54, 1.807) is 12.1 Å². The van der Waals surface area contributed by atoms with E-state index in [9.17, 15) is 4.79 Å². The smallest absolute Gasteiger partial charge is 0.289 e. The molecule has 1 amide bonds. The normalized spacial score (nSPS) is 25.6. The van der Waals surface area contributed by atoms with Gasteiger partial charge in [0.2, 0.25) is 0 Å². The van der Waals surface area contributed by atoms with Crippen LogP contribution in [0.2, 0.25) is 0 Å². The maximum atomic E-state index is 12.4. The third-order valence-corrected chi connectivity index (χ3v) is 4.12. The molecule has 0 aliphatic carbocycles. The van der Waals surface area contributed by atoms with Crippen LogP contribution < -0.4 is 0 Å². The molecule has 7 nitrogen and oxygen atoms in total. The van der Waals surface area contributed by atoms with E-state index in [0.717, 1.165) is 26.2 Å². The predicted octanol–water partition coefficient (Wildman–Crippen LogP) is 1.72. The number of rotatable bonds is 3. The van der Waals surface area contributed by atoms with E-state index in [1.807, 2.05) is 4.90 Å². The minimum atomic E-state index is -0.0609. The number of fused-ring (bicyclic) bond motifs is 1. The van der Waals surface area contributed by atoms with Crippen LogP contribution in [0.5, 0.6) is 0 Å². The van der Waals surface area contributed by atoms with Crippen molar-refractivity contribution in [2.45, 2.75) is 6.54 Å². The lowest BCUT2D eigenvalue weighted by atomic mass is 10.0. The van der Waals surface area contributed by atoms with Crippen LogP contribution >= 0.6 is 0 Å². The SMILES string of the molecule is CN1CC2CN(C(=O)c3ccc(CN=[N+]=[N-])o3)CC2C1. The van der Waals surface area contributed by atoms with Crippen LogP contribution in [-0.4, -0.2) is 48.9 Å². The minimum absolute atomic E-state index is 0.0609. The lowest BCUT2D eigenvalue weighted by Gasteiger charge is -2.18. The van der Waals surface area contributed by atoms with Crippen molar-refractivity contribution in [2.24, 2.45) is 17.0 Å². The Bertz CT molecular complexity index is 549. The van der Waals surface area contributed by atoms with Crippen molar-refractivity contribution in [3.05, 3.63) is 34.1 Å². The van der Waals surface area contributed by atoms with Gasteiger partial charge >= 0.3 is 0 Å². The number of nitrogens with zero attached hydrogens (tertiary/aromatic N) is 5. The monoisotopic (exact) mass is 275 g/mol. The molecule has 106 valence electrons. The first-order chi connectivity index (χ1) is 9.67. The Morgan fingerprint density at radius 2 is 2.10 bits per heavy atom. The summed E-state index contributed by atoms with van der Waals surface area (Å²) in [4.78, 5) is 19.2. The van der Waals surface area contributed by atoms with Crippen molar-refractivity contribution in [1.82, 2.24) is 9.80 Å². The summed E-state index contributed by atoms with van der Waals surface area (Å²) in [6.07, 6.45) is 0. The van der Waals surface area contributed by atoms with Gasteiger partial charge in [-0.2, -0.15) is 0 Å². The molecule has 1 aromatic rings. The molecular formula is C13H17N5O2. The standard InChI is InChI=1S/C13H17N5O2/c1-17-5-9-7-18(8-10(9)6-17)13(19)12-3-2-11(20-12)4-15-16-14/h2-3,9-10H,4-8H2,1H3. The van der Waals surface area contributed by atoms with Gasteiger partial charge in [0.05, 0.1) is 6.54 Å². The fraction of sp³-hybridized carbons (Fsp3) is 0.615. The van der Waals surface area contributed by atoms with E-state index in [4.69, 9.17) is 9.95 Å². The number of likely N-dealkylation sites (tertiary alicyclic amines) is 2. The second-order valence-electron chi connectivity index (χ2n) is 5.61. The van der Waals surface area contributed by atoms with Gasteiger partial charge in [0.15, 0.2) is 5.76 Å². The highest BCUT2D eigenvalue weighted by atomic mass is 16.4. The first kappa shape index (κ1) is 13.0. The fourth-order valence-electron chi connectivity index (χ4n) is 3.23. The van der Waals surface area contributed by atoms with Crippen molar-refractivity contribution in [2.75, 3.05) is 33.2 Å². The Kier molecular flexibility index (Phi) is 3.38. The molecule has 7 heteroatoms. The van der Waals surface area contributed by atoms with Gasteiger partial charge in [0, 0.05) is 31.1 Å². The molecule has 2 unspecified atom stereocenters. The van der Waals surface area contributed by atoms with E-state index in [2.05, 4.69) is 22.0 Å². The third kappa shape index (κ3) is 2.37. The van der Waals surface area contributed by atoms with Crippen molar-refractivity contribution >= 4 is 5.91 Å². The van der Waals surface area contributed by atoms with E-state index in [-0.39, 0.29) is 12.5 Å². The van der Waals surface area contributed by atoms with E-state index < -0.39 is 0 Å². The van der Waals surface area contributed by atoms with Gasteiger partial charge in [0.1, 0.15) is 5.76 Å². The summed E-state index contributed by atoms with van der Waals surface area (Å²) in [5.74, 6) is 1.96. The highest BCUT2D eigenvalue weighted by Crippen LogP contribution is 2.31. The van der Waals surface area contributed by atoms with Crippen LogP contribution in [0.15, 0.2) is 21.7 Å². The molecule has 3 heterocycles. The van der Waals surface area contributed by atoms with Gasteiger partial charge in [-0.25, -0.2) is 0 Å². The number of azide groups is 1. The number of amides is 1. The summed E-state index contributed by atoms with van der Waals surface area (Å²) in [6.45, 7) is 3.88. The Morgan fingerprint density at radius 1 is 1.40 bits per heavy atom. The molecule has 1 aromatic heterocycles. The summed E-state index contributed by atoms with van der Waals surface area (Å²) >= 11 is 0. The largest absolute Gasteiger partial charge is 0.456 e. The zero-order chi connectivity index (χ0) is 14.1. The highest BCUT2D eigenvalue weighted by Gasteiger charge is 2.40. The first-order valence-corrected chi connectivity index (χ1v) is 6.74. The average molecular weight is 275 g/mol. The van der Waals surface area contributed by atoms with Gasteiger partial charge in [-0.3, -0.25) is 4.79 Å². The van der Waals surface area contributed by atoms with Gasteiger partial charge in [-0.05, 0) is 36.5 Å². The molecule has 0 radical (unpaired) electrons. The summed E-state index contributed by atoms with van der Waals surface area (Å²) < 4.78 is 5.44. The van der Waals surface area contributed by atoms with E-state index >= 15 is 0 Å². The maximum absolute atomic E-state index is 12.4. The lowest BCUT2D eigenvalue weighted by Crippen LogP contribution is -2.32. The first-order valence-electron chi connectivity index (χ1n) is 6.74. The molecule has 3 rings (SSSR count). The van der Waals surface area contributed by atoms with Crippen LogP contribution in [0.1, 0.15) is 16.3 Å². The van der Waals surface area contributed by atoms with Gasteiger partial charge in [-0.1, -0.05) is 5.11 Å². The van der Waals surface area contributed by atoms with Crippen LogP contribution in [0.25, 0.3) is 10.4 Å². The number of carbonyl (C=O) groups excluding carboxylic acids is 1. The molecule has 2 aliphatic rings. The van der Waals surface area contributed by atoms with Gasteiger partial charge < -0.3 is 14.2 Å². The Balaban J connectivity index is 1.65. The number of hydrogen-bond donors (Lipinski definition) is 0. The minimum Gasteiger partial charge on any atom is -0.456 e. The lowest BCUT2D eigenvalue weighted by molar-refractivity contribution is 0.0742. The summed E-state index contributed by atoms with van der Waals surface area (Å²) in [5.41, 5.74) is 8.27. The molecule has 0 saturated carbocycles. The summed E-state index contributed by atoms with van der Waals surface area (Å²) in [6, 6.07) is 3.34. The average Bonchev–Trinajstić information content (AvgIpc) is 3.09. The molecule has 2 aliphatic heterocycles. The Hall–Kier alpha value is -1.98. The molecule has 0 spiro atoms. The molecule has 2 saturated heterocycles. The second kappa shape index (κ2) is 5.19. The number of furan rings is 1. The van der Waals surface area contributed by atoms with Crippen molar-refractivity contribution in [1.29, 1.82) is 0 Å². The molecule has 2 atom stereocenters. The predicted molar refractivity (Wildman–Crippen MR) is 71.9 cm³/mol. The van der Waals surface area contributed by atoms with Crippen molar-refractivity contribution in [3.63, 3.8) is 0 Å². The van der Waals surface area contributed by atoms with Gasteiger partial charge in [-0.15, -0.1) is 0 Å². The zero-order valence-electron chi connectivity index (χ0n) is 11.4. The molecule has 0 N–H and O–H groups in total. The summed E-state index contributed by atoms with van der Waals surface area (Å²) in [5, 5.41) is 3.42. The van der Waals surface area contributed by atoms with Crippen molar-refractivity contribution in [3.8, 4) is 0 Å². The Morgan fingerprint density at radius 3 is 2.75 bits per heavy atom. The topological polar surface area (TPSA) is 85.5 Å². The van der Waals surface area contributed by atoms with Crippen molar-refractivity contribution < 1.29 is 9.21 Å². The zero-order valence-corrected chi connectivity index (χ0v) is 11.4. The molecule has 20 heavy (non-hydrogen) atoms. The van der Waals surface area contributed by atoms with E-state index in [1.165, 1.54) is 0 Å². The Labute approximate surface area is 116 Å². The molecular weight excluding hydrogens is 258 g/mol. The summed E-state index contributed by atoms with van der Waals surface area (Å²) in [7, 11) is 2.12. The third-order valence-electron chi connectivity index (χ3n) is 4.12. The highest BCUT2D eigenvalue weighted by molar-refractivity contribution is 5.91. The molecule has 0 bridgehead atoms. The number of hydrogen-bond acceptors (Lipinski definition) is 4. The van der Waals surface area contributed by atoms with Crippen LogP contribution in [0.3, 0.4) is 0 Å².